The quantitative estimate of drug-likeness (QED) is 0.689. The average Bonchev–Trinajstić information content (AvgIpc) is 2.34. The summed E-state index contributed by atoms with van der Waals surface area (Å²) in [6, 6.07) is 6.65. The Hall–Kier alpha value is -2.17. The van der Waals surface area contributed by atoms with E-state index in [1.165, 1.54) is 9.80 Å². The lowest BCUT2D eigenvalue weighted by Crippen LogP contribution is -2.52. The second-order valence-corrected chi connectivity index (χ2v) is 3.94. The van der Waals surface area contributed by atoms with E-state index in [1.54, 1.807) is 31.3 Å². The van der Waals surface area contributed by atoms with Crippen molar-refractivity contribution in [2.45, 2.75) is 0 Å². The predicted molar refractivity (Wildman–Crippen MR) is 61.8 cm³/mol. The van der Waals surface area contributed by atoms with Gasteiger partial charge in [-0.05, 0) is 12.1 Å². The Kier molecular flexibility index (Phi) is 2.91. The molecule has 1 aromatic carbocycles. The van der Waals surface area contributed by atoms with Crippen LogP contribution in [-0.4, -0.2) is 43.1 Å². The molecule has 1 saturated heterocycles. The second kappa shape index (κ2) is 4.37. The van der Waals surface area contributed by atoms with Gasteiger partial charge in [0, 0.05) is 18.3 Å². The molecule has 0 aromatic heterocycles. The van der Waals surface area contributed by atoms with Gasteiger partial charge in [0.1, 0.15) is 12.8 Å². The first-order chi connectivity index (χ1) is 8.11. The molecular weight excluding hydrogens is 220 g/mol. The van der Waals surface area contributed by atoms with Crippen molar-refractivity contribution in [2.24, 2.45) is 0 Å². The first kappa shape index (κ1) is 11.3. The van der Waals surface area contributed by atoms with Crippen molar-refractivity contribution in [1.82, 2.24) is 4.90 Å². The number of hydrogen-bond acceptors (Lipinski definition) is 3. The molecule has 0 aliphatic carbocycles. The Morgan fingerprint density at radius 1 is 1.18 bits per heavy atom. The third-order valence-corrected chi connectivity index (χ3v) is 2.71. The molecule has 0 radical (unpaired) electrons. The van der Waals surface area contributed by atoms with Crippen LogP contribution in [0.2, 0.25) is 0 Å². The highest BCUT2D eigenvalue weighted by Gasteiger charge is 2.28. The van der Waals surface area contributed by atoms with Gasteiger partial charge in [0.15, 0.2) is 0 Å². The molecule has 5 nitrogen and oxygen atoms in total. The van der Waals surface area contributed by atoms with E-state index in [2.05, 4.69) is 0 Å². The number of nitrogens with zero attached hydrogens (tertiary/aromatic N) is 2. The zero-order chi connectivity index (χ0) is 12.4. The van der Waals surface area contributed by atoms with Crippen molar-refractivity contribution in [3.8, 4) is 0 Å². The zero-order valence-corrected chi connectivity index (χ0v) is 9.42. The molecule has 88 valence electrons. The number of carbonyl (C=O) groups excluding carboxylic acids is 3. The normalized spacial score (nSPS) is 16.3. The first-order valence-corrected chi connectivity index (χ1v) is 5.21. The van der Waals surface area contributed by atoms with Crippen LogP contribution in [0.3, 0.4) is 0 Å². The maximum Gasteiger partial charge on any atom is 0.247 e. The topological polar surface area (TPSA) is 57.7 Å². The molecule has 5 heteroatoms. The van der Waals surface area contributed by atoms with Gasteiger partial charge in [0.2, 0.25) is 11.8 Å². The van der Waals surface area contributed by atoms with Crippen molar-refractivity contribution >= 4 is 23.8 Å². The van der Waals surface area contributed by atoms with Gasteiger partial charge in [-0.2, -0.15) is 0 Å². The van der Waals surface area contributed by atoms with Gasteiger partial charge in [-0.15, -0.1) is 0 Å². The summed E-state index contributed by atoms with van der Waals surface area (Å²) in [4.78, 5) is 36.8. The smallest absolute Gasteiger partial charge is 0.247 e. The largest absolute Gasteiger partial charge is 0.335 e. The molecule has 0 spiro atoms. The molecule has 0 atom stereocenters. The minimum Gasteiger partial charge on any atom is -0.335 e. The van der Waals surface area contributed by atoms with Crippen LogP contribution in [0.25, 0.3) is 0 Å². The van der Waals surface area contributed by atoms with E-state index in [0.29, 0.717) is 17.5 Å². The summed E-state index contributed by atoms with van der Waals surface area (Å²) in [7, 11) is 1.60. The van der Waals surface area contributed by atoms with Gasteiger partial charge >= 0.3 is 0 Å². The van der Waals surface area contributed by atoms with Crippen LogP contribution in [0.5, 0.6) is 0 Å². The first-order valence-electron chi connectivity index (χ1n) is 5.21. The third kappa shape index (κ3) is 2.18. The number of likely N-dealkylation sites (N-methyl/N-ethyl adjacent to an activating group) is 1. The van der Waals surface area contributed by atoms with Crippen LogP contribution in [-0.2, 0) is 9.59 Å². The third-order valence-electron chi connectivity index (χ3n) is 2.71. The van der Waals surface area contributed by atoms with Crippen molar-refractivity contribution in [1.29, 1.82) is 0 Å². The molecule has 1 aliphatic heterocycles. The zero-order valence-electron chi connectivity index (χ0n) is 9.42. The van der Waals surface area contributed by atoms with Gasteiger partial charge in [-0.3, -0.25) is 14.4 Å². The molecule has 1 fully saturated rings. The molecule has 0 N–H and O–H groups in total. The number of piperazine rings is 1. The predicted octanol–water partition coefficient (Wildman–Crippen LogP) is 0.304. The van der Waals surface area contributed by atoms with E-state index in [4.69, 9.17) is 0 Å². The summed E-state index contributed by atoms with van der Waals surface area (Å²) in [5.74, 6) is -0.253. The van der Waals surface area contributed by atoms with Crippen LogP contribution < -0.4 is 4.90 Å². The Morgan fingerprint density at radius 2 is 1.94 bits per heavy atom. The summed E-state index contributed by atoms with van der Waals surface area (Å²) >= 11 is 0. The maximum absolute atomic E-state index is 11.8. The highest BCUT2D eigenvalue weighted by atomic mass is 16.2. The summed E-state index contributed by atoms with van der Waals surface area (Å²) in [6.45, 7) is 0.0990. The summed E-state index contributed by atoms with van der Waals surface area (Å²) < 4.78 is 0. The molecule has 1 aliphatic rings. The Bertz CT molecular complexity index is 484. The number of amides is 2. The van der Waals surface area contributed by atoms with Crippen LogP contribution >= 0.6 is 0 Å². The number of rotatable bonds is 2. The van der Waals surface area contributed by atoms with Crippen molar-refractivity contribution in [3.05, 3.63) is 29.8 Å². The lowest BCUT2D eigenvalue weighted by Gasteiger charge is -2.31. The Labute approximate surface area is 98.6 Å². The van der Waals surface area contributed by atoms with Gasteiger partial charge in [0.05, 0.1) is 6.54 Å². The molecule has 1 heterocycles. The molecule has 1 aromatic rings. The fraction of sp³-hybridized carbons (Fsp3) is 0.250. The number of benzene rings is 1. The maximum atomic E-state index is 11.8. The minimum absolute atomic E-state index is 0.0254. The molecule has 17 heavy (non-hydrogen) atoms. The van der Waals surface area contributed by atoms with E-state index >= 15 is 0 Å². The SMILES string of the molecule is CN1CC(=O)N(c2cccc(C=O)c2)CC1=O. The standard InChI is InChI=1S/C12H12N2O3/c1-13-6-12(17)14(7-11(13)16)10-4-2-3-9(5-10)8-15/h2-5,8H,6-7H2,1H3. The van der Waals surface area contributed by atoms with Gasteiger partial charge in [-0.25, -0.2) is 0 Å². The molecule has 2 rings (SSSR count). The number of hydrogen-bond donors (Lipinski definition) is 0. The second-order valence-electron chi connectivity index (χ2n) is 3.94. The van der Waals surface area contributed by atoms with Crippen molar-refractivity contribution in [3.63, 3.8) is 0 Å². The monoisotopic (exact) mass is 232 g/mol. The molecule has 0 saturated carbocycles. The van der Waals surface area contributed by atoms with Gasteiger partial charge in [-0.1, -0.05) is 12.1 Å². The number of carbonyl (C=O) groups is 3. The Balaban J connectivity index is 2.29. The highest BCUT2D eigenvalue weighted by molar-refractivity contribution is 6.04. The van der Waals surface area contributed by atoms with Crippen molar-refractivity contribution in [2.75, 3.05) is 25.0 Å². The van der Waals surface area contributed by atoms with Crippen LogP contribution in [0, 0.1) is 0 Å². The summed E-state index contributed by atoms with van der Waals surface area (Å²) in [6.07, 6.45) is 0.714. The lowest BCUT2D eigenvalue weighted by atomic mass is 10.2. The fourth-order valence-corrected chi connectivity index (χ4v) is 1.72. The molecule has 0 unspecified atom stereocenters. The Morgan fingerprint density at radius 3 is 2.65 bits per heavy atom. The molecule has 2 amide bonds. The van der Waals surface area contributed by atoms with Gasteiger partial charge in [0.25, 0.3) is 0 Å². The lowest BCUT2D eigenvalue weighted by molar-refractivity contribution is -0.136. The van der Waals surface area contributed by atoms with E-state index in [1.807, 2.05) is 0 Å². The van der Waals surface area contributed by atoms with Crippen LogP contribution in [0.15, 0.2) is 24.3 Å². The summed E-state index contributed by atoms with van der Waals surface area (Å²) in [5.41, 5.74) is 1.07. The van der Waals surface area contributed by atoms with E-state index < -0.39 is 0 Å². The van der Waals surface area contributed by atoms with Crippen molar-refractivity contribution < 1.29 is 14.4 Å². The summed E-state index contributed by atoms with van der Waals surface area (Å²) in [5, 5.41) is 0. The van der Waals surface area contributed by atoms with Gasteiger partial charge < -0.3 is 9.80 Å². The number of anilines is 1. The molecular formula is C12H12N2O3. The van der Waals surface area contributed by atoms with E-state index in [0.717, 1.165) is 0 Å². The molecule has 0 bridgehead atoms. The van der Waals surface area contributed by atoms with Crippen LogP contribution in [0.1, 0.15) is 10.4 Å². The number of aldehydes is 1. The fourth-order valence-electron chi connectivity index (χ4n) is 1.72. The highest BCUT2D eigenvalue weighted by Crippen LogP contribution is 2.18. The average molecular weight is 232 g/mol. The van der Waals surface area contributed by atoms with E-state index in [-0.39, 0.29) is 24.9 Å². The minimum atomic E-state index is -0.143. The van der Waals surface area contributed by atoms with E-state index in [9.17, 15) is 14.4 Å². The van der Waals surface area contributed by atoms with Crippen LogP contribution in [0.4, 0.5) is 5.69 Å².